The molecule has 4 heteroatoms. The van der Waals surface area contributed by atoms with E-state index in [0.29, 0.717) is 6.42 Å². The van der Waals surface area contributed by atoms with E-state index < -0.39 is 17.0 Å². The zero-order valence-corrected chi connectivity index (χ0v) is 19.7. The highest BCUT2D eigenvalue weighted by atomic mass is 17.3. The average molecular weight is 375 g/mol. The summed E-state index contributed by atoms with van der Waals surface area (Å²) in [5, 5.41) is 0. The first kappa shape index (κ1) is 25.8. The van der Waals surface area contributed by atoms with E-state index in [1.807, 2.05) is 34.6 Å². The minimum absolute atomic E-state index is 0.0678. The fourth-order valence-corrected chi connectivity index (χ4v) is 1.60. The molecule has 0 aliphatic rings. The van der Waals surface area contributed by atoms with Crippen LogP contribution in [-0.2, 0) is 19.6 Å². The summed E-state index contributed by atoms with van der Waals surface area (Å²) in [7, 11) is 0. The summed E-state index contributed by atoms with van der Waals surface area (Å²) in [6, 6.07) is 0. The maximum Gasteiger partial charge on any atom is 0.231 e. The highest BCUT2D eigenvalue weighted by Gasteiger charge is 2.42. The minimum atomic E-state index is -0.946. The summed E-state index contributed by atoms with van der Waals surface area (Å²) >= 11 is 0. The van der Waals surface area contributed by atoms with Gasteiger partial charge in [0.25, 0.3) is 0 Å². The van der Waals surface area contributed by atoms with E-state index in [0.717, 1.165) is 12.8 Å². The van der Waals surface area contributed by atoms with E-state index in [4.69, 9.17) is 19.6 Å². The Bertz CT molecular complexity index is 369. The first-order valence-electron chi connectivity index (χ1n) is 10.2. The van der Waals surface area contributed by atoms with Crippen molar-refractivity contribution in [2.45, 2.75) is 132 Å². The van der Waals surface area contributed by atoms with Crippen LogP contribution in [0.15, 0.2) is 0 Å². The summed E-state index contributed by atoms with van der Waals surface area (Å²) in [4.78, 5) is 23.4. The molecule has 0 aliphatic carbocycles. The van der Waals surface area contributed by atoms with E-state index in [2.05, 4.69) is 48.5 Å². The Hall–Kier alpha value is -0.160. The van der Waals surface area contributed by atoms with Gasteiger partial charge in [0.2, 0.25) is 5.79 Å². The fourth-order valence-electron chi connectivity index (χ4n) is 1.60. The molecule has 0 saturated heterocycles. The molecule has 26 heavy (non-hydrogen) atoms. The molecule has 0 unspecified atom stereocenters. The molecule has 4 nitrogen and oxygen atoms in total. The molecule has 0 aromatic heterocycles. The van der Waals surface area contributed by atoms with Crippen molar-refractivity contribution >= 4 is 0 Å². The molecule has 0 heterocycles. The molecule has 0 bridgehead atoms. The fraction of sp³-hybridized carbons (Fsp3) is 1.00. The normalized spacial score (nSPS) is 14.8. The van der Waals surface area contributed by atoms with Gasteiger partial charge in [0.1, 0.15) is 11.2 Å². The summed E-state index contributed by atoms with van der Waals surface area (Å²) in [6.07, 6.45) is 5.26. The molecular weight excluding hydrogens is 328 g/mol. The van der Waals surface area contributed by atoms with E-state index in [-0.39, 0.29) is 10.8 Å². The van der Waals surface area contributed by atoms with Crippen molar-refractivity contribution in [3.05, 3.63) is 0 Å². The molecule has 0 fully saturated rings. The Morgan fingerprint density at radius 2 is 0.885 bits per heavy atom. The third-order valence-corrected chi connectivity index (χ3v) is 5.95. The molecule has 0 aromatic rings. The largest absolute Gasteiger partial charge is 0.231 e. The molecule has 0 spiro atoms. The molecule has 0 amide bonds. The lowest BCUT2D eigenvalue weighted by Gasteiger charge is -2.42. The molecule has 0 rings (SSSR count). The number of hydrogen-bond donors (Lipinski definition) is 0. The summed E-state index contributed by atoms with van der Waals surface area (Å²) < 4.78 is 0. The van der Waals surface area contributed by atoms with Crippen LogP contribution in [0.25, 0.3) is 0 Å². The number of hydrogen-bond acceptors (Lipinski definition) is 4. The van der Waals surface area contributed by atoms with Gasteiger partial charge in [-0.05, 0) is 51.9 Å². The van der Waals surface area contributed by atoms with Gasteiger partial charge in [-0.3, -0.25) is 0 Å². The second-order valence-corrected chi connectivity index (χ2v) is 10.8. The van der Waals surface area contributed by atoms with Crippen molar-refractivity contribution in [3.63, 3.8) is 0 Å². The maximum atomic E-state index is 5.86. The SMILES string of the molecule is CCCCCCC(C)(OOC(C)(C)C(C)(C)C)OOC(C)(C)C(C)(C)C. The van der Waals surface area contributed by atoms with Crippen LogP contribution < -0.4 is 0 Å². The molecule has 0 N–H and O–H groups in total. The van der Waals surface area contributed by atoms with Gasteiger partial charge in [-0.2, -0.15) is 9.78 Å². The number of rotatable bonds is 11. The number of unbranched alkanes of at least 4 members (excludes halogenated alkanes) is 3. The summed E-state index contributed by atoms with van der Waals surface area (Å²) in [6.45, 7) is 25.0. The lowest BCUT2D eigenvalue weighted by Crippen LogP contribution is -2.46. The van der Waals surface area contributed by atoms with Gasteiger partial charge in [-0.1, -0.05) is 67.7 Å². The van der Waals surface area contributed by atoms with Gasteiger partial charge in [0.15, 0.2) is 0 Å². The van der Waals surface area contributed by atoms with Crippen LogP contribution in [0.3, 0.4) is 0 Å². The van der Waals surface area contributed by atoms with Crippen molar-refractivity contribution in [2.24, 2.45) is 10.8 Å². The van der Waals surface area contributed by atoms with E-state index >= 15 is 0 Å². The van der Waals surface area contributed by atoms with Gasteiger partial charge in [-0.15, -0.1) is 0 Å². The molecular formula is C22H46O4. The van der Waals surface area contributed by atoms with Gasteiger partial charge in [0, 0.05) is 6.42 Å². The zero-order chi connectivity index (χ0) is 20.9. The van der Waals surface area contributed by atoms with Crippen molar-refractivity contribution in [1.29, 1.82) is 0 Å². The summed E-state index contributed by atoms with van der Waals surface area (Å²) in [5.41, 5.74) is -1.05. The van der Waals surface area contributed by atoms with E-state index in [1.165, 1.54) is 12.8 Å². The van der Waals surface area contributed by atoms with E-state index in [1.54, 1.807) is 0 Å². The van der Waals surface area contributed by atoms with Gasteiger partial charge in [0.05, 0.1) is 0 Å². The van der Waals surface area contributed by atoms with Gasteiger partial charge in [-0.25, -0.2) is 9.78 Å². The van der Waals surface area contributed by atoms with Crippen LogP contribution in [0.5, 0.6) is 0 Å². The second kappa shape index (κ2) is 9.36. The Morgan fingerprint density at radius 1 is 0.500 bits per heavy atom. The Labute approximate surface area is 163 Å². The lowest BCUT2D eigenvalue weighted by atomic mass is 9.79. The van der Waals surface area contributed by atoms with Crippen LogP contribution in [0.2, 0.25) is 0 Å². The average Bonchev–Trinajstić information content (AvgIpc) is 2.46. The van der Waals surface area contributed by atoms with Crippen molar-refractivity contribution in [3.8, 4) is 0 Å². The molecule has 0 radical (unpaired) electrons. The third-order valence-electron chi connectivity index (χ3n) is 5.95. The minimum Gasteiger partial charge on any atom is -0.227 e. The highest BCUT2D eigenvalue weighted by Crippen LogP contribution is 2.38. The van der Waals surface area contributed by atoms with Crippen LogP contribution in [0.4, 0.5) is 0 Å². The second-order valence-electron chi connectivity index (χ2n) is 10.8. The van der Waals surface area contributed by atoms with Crippen LogP contribution >= 0.6 is 0 Å². The third kappa shape index (κ3) is 8.24. The standard InChI is InChI=1S/C22H46O4/c1-13-14-15-16-17-22(12,25-23-20(8,9)18(2,3)4)26-24-21(10,11)19(5,6)7/h13-17H2,1-12H3. The van der Waals surface area contributed by atoms with Crippen molar-refractivity contribution < 1.29 is 19.6 Å². The van der Waals surface area contributed by atoms with Gasteiger partial charge >= 0.3 is 0 Å². The predicted octanol–water partition coefficient (Wildman–Crippen LogP) is 7.22. The highest BCUT2D eigenvalue weighted by molar-refractivity contribution is 4.83. The Morgan fingerprint density at radius 3 is 1.19 bits per heavy atom. The molecule has 0 atom stereocenters. The quantitative estimate of drug-likeness (QED) is 0.165. The van der Waals surface area contributed by atoms with E-state index in [9.17, 15) is 0 Å². The molecule has 0 saturated carbocycles. The van der Waals surface area contributed by atoms with Crippen LogP contribution in [0, 0.1) is 10.8 Å². The van der Waals surface area contributed by atoms with Crippen molar-refractivity contribution in [2.75, 3.05) is 0 Å². The van der Waals surface area contributed by atoms with Crippen molar-refractivity contribution in [1.82, 2.24) is 0 Å². The zero-order valence-electron chi connectivity index (χ0n) is 19.7. The van der Waals surface area contributed by atoms with Crippen LogP contribution in [-0.4, -0.2) is 17.0 Å². The lowest BCUT2D eigenvalue weighted by molar-refractivity contribution is -0.548. The van der Waals surface area contributed by atoms with Gasteiger partial charge < -0.3 is 0 Å². The maximum absolute atomic E-state index is 5.86. The molecule has 0 aromatic carbocycles. The monoisotopic (exact) mass is 374 g/mol. The Balaban J connectivity index is 5.07. The summed E-state index contributed by atoms with van der Waals surface area (Å²) in [5.74, 6) is -0.946. The topological polar surface area (TPSA) is 36.9 Å². The van der Waals surface area contributed by atoms with Crippen LogP contribution in [0.1, 0.15) is 115 Å². The molecule has 0 aliphatic heterocycles. The Kier molecular flexibility index (Phi) is 9.30. The first-order valence-corrected chi connectivity index (χ1v) is 10.2. The predicted molar refractivity (Wildman–Crippen MR) is 109 cm³/mol. The molecule has 158 valence electrons. The first-order chi connectivity index (χ1) is 11.5. The smallest absolute Gasteiger partial charge is 0.227 e.